The first-order valence-corrected chi connectivity index (χ1v) is 7.37. The van der Waals surface area contributed by atoms with Gasteiger partial charge >= 0.3 is 0 Å². The van der Waals surface area contributed by atoms with E-state index in [9.17, 15) is 4.79 Å². The highest BCUT2D eigenvalue weighted by atomic mass is 16.5. The van der Waals surface area contributed by atoms with Crippen LogP contribution in [0.15, 0.2) is 60.7 Å². The number of rotatable bonds is 4. The molecule has 1 aliphatic rings. The van der Waals surface area contributed by atoms with Crippen LogP contribution < -0.4 is 9.64 Å². The standard InChI is InChI=1S/C19H19NO2/c1-14(13-21)19-18-6-4-3-5-15(18)11-12-20(19)16-7-9-17(22-2)10-8-16/h3-10,13,19H,1,11-12H2,2H3/t19-/m0/s1. The Bertz CT molecular complexity index is 691. The number of nitrogens with zero attached hydrogens (tertiary/aromatic N) is 1. The maximum absolute atomic E-state index is 11.3. The normalized spacial score (nSPS) is 16.8. The fraction of sp³-hybridized carbons (Fsp3) is 0.211. The van der Waals surface area contributed by atoms with Crippen molar-refractivity contribution in [2.75, 3.05) is 18.6 Å². The first-order valence-electron chi connectivity index (χ1n) is 7.37. The van der Waals surface area contributed by atoms with Gasteiger partial charge in [-0.2, -0.15) is 0 Å². The summed E-state index contributed by atoms with van der Waals surface area (Å²) in [6, 6.07) is 16.1. The molecule has 1 aliphatic heterocycles. The van der Waals surface area contributed by atoms with Crippen LogP contribution in [-0.2, 0) is 11.2 Å². The fourth-order valence-electron chi connectivity index (χ4n) is 3.08. The molecule has 1 atom stereocenters. The van der Waals surface area contributed by atoms with E-state index in [1.807, 2.05) is 36.4 Å². The second-order valence-corrected chi connectivity index (χ2v) is 5.44. The third-order valence-electron chi connectivity index (χ3n) is 4.19. The summed E-state index contributed by atoms with van der Waals surface area (Å²) in [4.78, 5) is 13.6. The van der Waals surface area contributed by atoms with E-state index in [0.717, 1.165) is 30.7 Å². The topological polar surface area (TPSA) is 29.5 Å². The minimum Gasteiger partial charge on any atom is -0.497 e. The summed E-state index contributed by atoms with van der Waals surface area (Å²) in [7, 11) is 1.66. The van der Waals surface area contributed by atoms with Crippen molar-refractivity contribution in [3.05, 3.63) is 71.8 Å². The summed E-state index contributed by atoms with van der Waals surface area (Å²) in [6.45, 7) is 4.83. The lowest BCUT2D eigenvalue weighted by Crippen LogP contribution is -2.36. The average Bonchev–Trinajstić information content (AvgIpc) is 2.60. The Labute approximate surface area is 130 Å². The molecule has 0 aliphatic carbocycles. The molecule has 0 radical (unpaired) electrons. The Kier molecular flexibility index (Phi) is 3.96. The lowest BCUT2D eigenvalue weighted by atomic mass is 9.88. The number of methoxy groups -OCH3 is 1. The Morgan fingerprint density at radius 3 is 2.64 bits per heavy atom. The van der Waals surface area contributed by atoms with Crippen molar-refractivity contribution >= 4 is 12.0 Å². The highest BCUT2D eigenvalue weighted by molar-refractivity contribution is 5.77. The number of hydrogen-bond acceptors (Lipinski definition) is 3. The molecule has 0 amide bonds. The summed E-state index contributed by atoms with van der Waals surface area (Å²) in [5, 5.41) is 0. The molecule has 0 spiro atoms. The van der Waals surface area contributed by atoms with Gasteiger partial charge in [0.2, 0.25) is 0 Å². The Morgan fingerprint density at radius 2 is 1.95 bits per heavy atom. The second kappa shape index (κ2) is 6.06. The summed E-state index contributed by atoms with van der Waals surface area (Å²) in [6.07, 6.45) is 1.83. The van der Waals surface area contributed by atoms with Gasteiger partial charge in [-0.3, -0.25) is 4.79 Å². The highest BCUT2D eigenvalue weighted by Crippen LogP contribution is 2.37. The number of anilines is 1. The van der Waals surface area contributed by atoms with E-state index in [1.165, 1.54) is 11.1 Å². The first kappa shape index (κ1) is 14.4. The predicted molar refractivity (Wildman–Crippen MR) is 88.4 cm³/mol. The highest BCUT2D eigenvalue weighted by Gasteiger charge is 2.29. The van der Waals surface area contributed by atoms with Gasteiger partial charge in [-0.25, -0.2) is 0 Å². The van der Waals surface area contributed by atoms with Crippen molar-refractivity contribution in [2.24, 2.45) is 0 Å². The van der Waals surface area contributed by atoms with E-state index >= 15 is 0 Å². The molecule has 112 valence electrons. The molecule has 3 nitrogen and oxygen atoms in total. The number of carbonyl (C=O) groups excluding carboxylic acids is 1. The molecule has 0 unspecified atom stereocenters. The van der Waals surface area contributed by atoms with Crippen molar-refractivity contribution in [3.8, 4) is 5.75 Å². The van der Waals surface area contributed by atoms with Gasteiger partial charge in [0.1, 0.15) is 12.0 Å². The molecule has 3 heteroatoms. The van der Waals surface area contributed by atoms with Crippen LogP contribution in [-0.4, -0.2) is 19.9 Å². The molecule has 0 N–H and O–H groups in total. The molecule has 2 aromatic carbocycles. The summed E-state index contributed by atoms with van der Waals surface area (Å²) in [5.74, 6) is 0.826. The van der Waals surface area contributed by atoms with Gasteiger partial charge in [0.15, 0.2) is 0 Å². The van der Waals surface area contributed by atoms with Gasteiger partial charge in [-0.05, 0) is 41.8 Å². The van der Waals surface area contributed by atoms with Gasteiger partial charge in [-0.15, -0.1) is 0 Å². The van der Waals surface area contributed by atoms with Crippen molar-refractivity contribution in [1.29, 1.82) is 0 Å². The molecule has 0 saturated carbocycles. The van der Waals surface area contributed by atoms with Crippen LogP contribution in [0.4, 0.5) is 5.69 Å². The Balaban J connectivity index is 2.02. The van der Waals surface area contributed by atoms with Crippen LogP contribution in [0.2, 0.25) is 0 Å². The van der Waals surface area contributed by atoms with Gasteiger partial charge in [0.05, 0.1) is 13.2 Å². The lowest BCUT2D eigenvalue weighted by molar-refractivity contribution is -0.105. The van der Waals surface area contributed by atoms with Crippen LogP contribution in [0.1, 0.15) is 17.2 Å². The summed E-state index contributed by atoms with van der Waals surface area (Å²) < 4.78 is 5.22. The van der Waals surface area contributed by atoms with Crippen LogP contribution in [0.5, 0.6) is 5.75 Å². The SMILES string of the molecule is C=C(C=O)[C@H]1c2ccccc2CCN1c1ccc(OC)cc1. The van der Waals surface area contributed by atoms with Crippen LogP contribution in [0, 0.1) is 0 Å². The summed E-state index contributed by atoms with van der Waals surface area (Å²) >= 11 is 0. The van der Waals surface area contributed by atoms with Crippen molar-refractivity contribution in [2.45, 2.75) is 12.5 Å². The third-order valence-corrected chi connectivity index (χ3v) is 4.19. The third kappa shape index (κ3) is 2.50. The zero-order chi connectivity index (χ0) is 15.5. The van der Waals surface area contributed by atoms with Crippen LogP contribution in [0.25, 0.3) is 0 Å². The number of hydrogen-bond donors (Lipinski definition) is 0. The minimum atomic E-state index is -0.101. The van der Waals surface area contributed by atoms with Gasteiger partial charge in [0, 0.05) is 17.8 Å². The van der Waals surface area contributed by atoms with Crippen LogP contribution in [0.3, 0.4) is 0 Å². The lowest BCUT2D eigenvalue weighted by Gasteiger charge is -2.39. The predicted octanol–water partition coefficient (Wildman–Crippen LogP) is 3.55. The molecule has 2 aromatic rings. The zero-order valence-electron chi connectivity index (χ0n) is 12.7. The molecule has 0 aromatic heterocycles. The van der Waals surface area contributed by atoms with Crippen molar-refractivity contribution in [3.63, 3.8) is 0 Å². The molecular formula is C19H19NO2. The molecule has 3 rings (SSSR count). The number of aldehydes is 1. The van der Waals surface area contributed by atoms with Gasteiger partial charge < -0.3 is 9.64 Å². The van der Waals surface area contributed by atoms with Crippen molar-refractivity contribution in [1.82, 2.24) is 0 Å². The molecule has 0 fully saturated rings. The van der Waals surface area contributed by atoms with E-state index in [-0.39, 0.29) is 6.04 Å². The Hall–Kier alpha value is -2.55. The first-order chi connectivity index (χ1) is 10.7. The molecule has 22 heavy (non-hydrogen) atoms. The molecular weight excluding hydrogens is 274 g/mol. The van der Waals surface area contributed by atoms with E-state index in [1.54, 1.807) is 7.11 Å². The maximum atomic E-state index is 11.3. The quantitative estimate of drug-likeness (QED) is 0.638. The Morgan fingerprint density at radius 1 is 1.23 bits per heavy atom. The van der Waals surface area contributed by atoms with Crippen molar-refractivity contribution < 1.29 is 9.53 Å². The number of fused-ring (bicyclic) bond motifs is 1. The average molecular weight is 293 g/mol. The number of ether oxygens (including phenoxy) is 1. The van der Waals surface area contributed by atoms with Crippen LogP contribution >= 0.6 is 0 Å². The zero-order valence-corrected chi connectivity index (χ0v) is 12.7. The van der Waals surface area contributed by atoms with E-state index in [2.05, 4.69) is 23.6 Å². The molecule has 0 saturated heterocycles. The molecule has 0 bridgehead atoms. The largest absolute Gasteiger partial charge is 0.497 e. The van der Waals surface area contributed by atoms with Gasteiger partial charge in [-0.1, -0.05) is 30.8 Å². The fourth-order valence-corrected chi connectivity index (χ4v) is 3.08. The number of benzene rings is 2. The van der Waals surface area contributed by atoms with E-state index < -0.39 is 0 Å². The second-order valence-electron chi connectivity index (χ2n) is 5.44. The molecule has 1 heterocycles. The minimum absolute atomic E-state index is 0.101. The summed E-state index contributed by atoms with van der Waals surface area (Å²) in [5.41, 5.74) is 4.12. The smallest absolute Gasteiger partial charge is 0.147 e. The number of carbonyl (C=O) groups is 1. The van der Waals surface area contributed by atoms with E-state index in [4.69, 9.17) is 4.74 Å². The van der Waals surface area contributed by atoms with E-state index in [0.29, 0.717) is 5.57 Å². The maximum Gasteiger partial charge on any atom is 0.147 e. The van der Waals surface area contributed by atoms with Gasteiger partial charge in [0.25, 0.3) is 0 Å². The monoisotopic (exact) mass is 293 g/mol.